The Labute approximate surface area is 179 Å². The third-order valence-corrected chi connectivity index (χ3v) is 5.91. The number of aliphatic carboxylic acids is 1. The average Bonchev–Trinajstić information content (AvgIpc) is 2.75. The van der Waals surface area contributed by atoms with Crippen LogP contribution >= 0.6 is 15.9 Å². The van der Waals surface area contributed by atoms with Gasteiger partial charge in [0.1, 0.15) is 11.8 Å². The van der Waals surface area contributed by atoms with E-state index in [2.05, 4.69) is 20.8 Å². The van der Waals surface area contributed by atoms with Gasteiger partial charge in [-0.05, 0) is 43.1 Å². The lowest BCUT2D eigenvalue weighted by atomic mass is 9.91. The van der Waals surface area contributed by atoms with E-state index in [-0.39, 0.29) is 6.04 Å². The normalized spacial score (nSPS) is 18.1. The predicted octanol–water partition coefficient (Wildman–Crippen LogP) is 4.50. The minimum Gasteiger partial charge on any atom is -0.496 e. The van der Waals surface area contributed by atoms with Gasteiger partial charge in [0.2, 0.25) is 0 Å². The first-order valence-corrected chi connectivity index (χ1v) is 10.3. The number of piperidine rings is 1. The van der Waals surface area contributed by atoms with Crippen molar-refractivity contribution >= 4 is 21.9 Å². The van der Waals surface area contributed by atoms with Crippen LogP contribution in [0.4, 0.5) is 0 Å². The predicted molar refractivity (Wildman–Crippen MR) is 114 cm³/mol. The molecule has 0 spiro atoms. The van der Waals surface area contributed by atoms with Crippen molar-refractivity contribution in [3.8, 4) is 17.2 Å². The van der Waals surface area contributed by atoms with E-state index in [4.69, 9.17) is 14.2 Å². The van der Waals surface area contributed by atoms with E-state index in [1.807, 2.05) is 30.3 Å². The van der Waals surface area contributed by atoms with Crippen LogP contribution in [0.25, 0.3) is 0 Å². The van der Waals surface area contributed by atoms with Gasteiger partial charge in [0.05, 0.1) is 27.4 Å². The summed E-state index contributed by atoms with van der Waals surface area (Å²) in [5.74, 6) is 0.974. The van der Waals surface area contributed by atoms with E-state index in [0.717, 1.165) is 28.4 Å². The molecule has 29 heavy (non-hydrogen) atoms. The summed E-state index contributed by atoms with van der Waals surface area (Å²) in [5.41, 5.74) is 1.84. The maximum absolute atomic E-state index is 12.0. The zero-order chi connectivity index (χ0) is 21.0. The Morgan fingerprint density at radius 3 is 2.24 bits per heavy atom. The topological polar surface area (TPSA) is 68.2 Å². The summed E-state index contributed by atoms with van der Waals surface area (Å²) >= 11 is 3.48. The fourth-order valence-corrected chi connectivity index (χ4v) is 4.25. The molecule has 0 saturated carbocycles. The standard InChI is InChI=1S/C22H26BrNO5/c1-27-18-13-20(29-3)19(28-2)12-16(18)21(14-7-9-15(23)10-8-14)24-11-5-4-6-17(24)22(25)26/h7-10,12-13,17,21H,4-6,11H2,1-3H3,(H,25,26). The van der Waals surface area contributed by atoms with Gasteiger partial charge >= 0.3 is 5.97 Å². The van der Waals surface area contributed by atoms with Crippen LogP contribution in [0.5, 0.6) is 17.2 Å². The first-order chi connectivity index (χ1) is 14.0. The van der Waals surface area contributed by atoms with Gasteiger partial charge in [-0.2, -0.15) is 0 Å². The second kappa shape index (κ2) is 9.50. The van der Waals surface area contributed by atoms with Crippen LogP contribution in [0.15, 0.2) is 40.9 Å². The molecule has 2 atom stereocenters. The van der Waals surface area contributed by atoms with E-state index < -0.39 is 12.0 Å². The van der Waals surface area contributed by atoms with Gasteiger partial charge < -0.3 is 19.3 Å². The van der Waals surface area contributed by atoms with Crippen molar-refractivity contribution in [2.24, 2.45) is 0 Å². The Kier molecular flexibility index (Phi) is 7.03. The van der Waals surface area contributed by atoms with Gasteiger partial charge in [-0.25, -0.2) is 0 Å². The SMILES string of the molecule is COc1cc(OC)c(C(c2ccc(Br)cc2)N2CCCCC2C(=O)O)cc1OC. The fourth-order valence-electron chi connectivity index (χ4n) is 3.99. The van der Waals surface area contributed by atoms with Gasteiger partial charge in [-0.3, -0.25) is 9.69 Å². The molecule has 1 aliphatic rings. The first-order valence-electron chi connectivity index (χ1n) is 9.54. The molecule has 1 aliphatic heterocycles. The van der Waals surface area contributed by atoms with Crippen molar-refractivity contribution < 1.29 is 24.1 Å². The first kappa shape index (κ1) is 21.5. The summed E-state index contributed by atoms with van der Waals surface area (Å²) in [6.07, 6.45) is 2.48. The molecule has 2 unspecified atom stereocenters. The molecule has 1 N–H and O–H groups in total. The summed E-state index contributed by atoms with van der Waals surface area (Å²) in [6, 6.07) is 10.8. The van der Waals surface area contributed by atoms with Gasteiger partial charge in [-0.15, -0.1) is 0 Å². The van der Waals surface area contributed by atoms with Crippen molar-refractivity contribution in [2.45, 2.75) is 31.3 Å². The second-order valence-electron chi connectivity index (χ2n) is 6.99. The Hall–Kier alpha value is -2.25. The monoisotopic (exact) mass is 463 g/mol. The maximum Gasteiger partial charge on any atom is 0.320 e. The molecular weight excluding hydrogens is 438 g/mol. The molecule has 0 aliphatic carbocycles. The van der Waals surface area contributed by atoms with Crippen molar-refractivity contribution in [1.29, 1.82) is 0 Å². The Morgan fingerprint density at radius 2 is 1.66 bits per heavy atom. The fraction of sp³-hybridized carbons (Fsp3) is 0.409. The molecular formula is C22H26BrNO5. The highest BCUT2D eigenvalue weighted by molar-refractivity contribution is 9.10. The van der Waals surface area contributed by atoms with E-state index in [0.29, 0.717) is 30.2 Å². The van der Waals surface area contributed by atoms with E-state index >= 15 is 0 Å². The summed E-state index contributed by atoms with van der Waals surface area (Å²) in [5, 5.41) is 9.88. The number of likely N-dealkylation sites (tertiary alicyclic amines) is 1. The Bertz CT molecular complexity index is 855. The van der Waals surface area contributed by atoms with Crippen molar-refractivity contribution in [3.05, 3.63) is 52.0 Å². The lowest BCUT2D eigenvalue weighted by Gasteiger charge is -2.40. The molecule has 156 valence electrons. The number of rotatable bonds is 7. The summed E-state index contributed by atoms with van der Waals surface area (Å²) < 4.78 is 17.6. The number of benzene rings is 2. The molecule has 2 aromatic carbocycles. The number of hydrogen-bond donors (Lipinski definition) is 1. The zero-order valence-corrected chi connectivity index (χ0v) is 18.4. The number of carbonyl (C=O) groups is 1. The van der Waals surface area contributed by atoms with Crippen LogP contribution in [0.2, 0.25) is 0 Å². The highest BCUT2D eigenvalue weighted by Gasteiger charge is 2.36. The van der Waals surface area contributed by atoms with Gasteiger partial charge in [0.15, 0.2) is 11.5 Å². The lowest BCUT2D eigenvalue weighted by Crippen LogP contribution is -2.46. The average molecular weight is 464 g/mol. The number of ether oxygens (including phenoxy) is 3. The molecule has 0 bridgehead atoms. The van der Waals surface area contributed by atoms with E-state index in [1.54, 1.807) is 27.4 Å². The minimum atomic E-state index is -0.800. The quantitative estimate of drug-likeness (QED) is 0.651. The zero-order valence-electron chi connectivity index (χ0n) is 16.9. The summed E-state index contributed by atoms with van der Waals surface area (Å²) in [4.78, 5) is 14.1. The number of nitrogens with zero attached hydrogens (tertiary/aromatic N) is 1. The molecule has 0 amide bonds. The van der Waals surface area contributed by atoms with Crippen LogP contribution in [-0.2, 0) is 4.79 Å². The molecule has 1 saturated heterocycles. The molecule has 6 nitrogen and oxygen atoms in total. The molecule has 2 aromatic rings. The van der Waals surface area contributed by atoms with E-state index in [1.165, 1.54) is 0 Å². The maximum atomic E-state index is 12.0. The van der Waals surface area contributed by atoms with Gasteiger partial charge in [0, 0.05) is 16.1 Å². The molecule has 1 heterocycles. The van der Waals surface area contributed by atoms with Crippen LogP contribution in [-0.4, -0.2) is 49.9 Å². The molecule has 7 heteroatoms. The van der Waals surface area contributed by atoms with E-state index in [9.17, 15) is 9.90 Å². The largest absolute Gasteiger partial charge is 0.496 e. The lowest BCUT2D eigenvalue weighted by molar-refractivity contribution is -0.145. The number of carboxylic acid groups (broad SMARTS) is 1. The van der Waals surface area contributed by atoms with Gasteiger partial charge in [-0.1, -0.05) is 34.5 Å². The number of carboxylic acids is 1. The number of methoxy groups -OCH3 is 3. The summed E-state index contributed by atoms with van der Waals surface area (Å²) in [6.45, 7) is 0.690. The van der Waals surface area contributed by atoms with Gasteiger partial charge in [0.25, 0.3) is 0 Å². The van der Waals surface area contributed by atoms with Crippen LogP contribution in [0.1, 0.15) is 36.4 Å². The third-order valence-electron chi connectivity index (χ3n) is 5.38. The number of halogens is 1. The van der Waals surface area contributed by atoms with Crippen molar-refractivity contribution in [3.63, 3.8) is 0 Å². The van der Waals surface area contributed by atoms with Crippen LogP contribution < -0.4 is 14.2 Å². The van der Waals surface area contributed by atoms with Crippen LogP contribution in [0, 0.1) is 0 Å². The molecule has 0 radical (unpaired) electrons. The summed E-state index contributed by atoms with van der Waals surface area (Å²) in [7, 11) is 4.77. The highest BCUT2D eigenvalue weighted by atomic mass is 79.9. The second-order valence-corrected chi connectivity index (χ2v) is 7.91. The molecule has 3 rings (SSSR count). The van der Waals surface area contributed by atoms with Crippen molar-refractivity contribution in [1.82, 2.24) is 4.90 Å². The molecule has 1 fully saturated rings. The Balaban J connectivity index is 2.20. The van der Waals surface area contributed by atoms with Crippen LogP contribution in [0.3, 0.4) is 0 Å². The highest BCUT2D eigenvalue weighted by Crippen LogP contribution is 2.43. The third kappa shape index (κ3) is 4.51. The smallest absolute Gasteiger partial charge is 0.320 e. The Morgan fingerprint density at radius 1 is 1.03 bits per heavy atom. The number of hydrogen-bond acceptors (Lipinski definition) is 5. The molecule has 0 aromatic heterocycles. The van der Waals surface area contributed by atoms with Crippen molar-refractivity contribution in [2.75, 3.05) is 27.9 Å². The minimum absolute atomic E-state index is 0.292.